The lowest BCUT2D eigenvalue weighted by Crippen LogP contribution is -2.56. The van der Waals surface area contributed by atoms with Crippen molar-refractivity contribution >= 4 is 23.8 Å². The van der Waals surface area contributed by atoms with Crippen molar-refractivity contribution in [3.8, 4) is 0 Å². The zero-order valence-electron chi connectivity index (χ0n) is 16.2. The fourth-order valence-corrected chi connectivity index (χ4v) is 3.28. The zero-order valence-corrected chi connectivity index (χ0v) is 16.2. The highest BCUT2D eigenvalue weighted by molar-refractivity contribution is 5.88. The summed E-state index contributed by atoms with van der Waals surface area (Å²) in [4.78, 5) is 47.9. The Kier molecular flexibility index (Phi) is 7.61. The number of carbonyl (C=O) groups is 4. The quantitative estimate of drug-likeness (QED) is 0.286. The molecule has 0 aromatic heterocycles. The monoisotopic (exact) mass is 398 g/mol. The summed E-state index contributed by atoms with van der Waals surface area (Å²) in [6.45, 7) is 4.20. The standard InChI is InChI=1S/C18H30N4O6/c1-9(2)7-13(22-18(27)28)16(25)21-12(8-10-5-6-19-15(10)24)14(23)17(26)20-11-3-4-11/h9-14,22-23H,3-8H2,1-2H3,(H,19,24)(H,20,26)(H,21,25)(H,27,28)/t10?,12-,13+,14?/m1/s1. The second-order valence-electron chi connectivity index (χ2n) is 7.99. The van der Waals surface area contributed by atoms with E-state index in [2.05, 4.69) is 21.3 Å². The van der Waals surface area contributed by atoms with E-state index in [-0.39, 0.29) is 30.7 Å². The van der Waals surface area contributed by atoms with Crippen molar-refractivity contribution in [2.24, 2.45) is 11.8 Å². The summed E-state index contributed by atoms with van der Waals surface area (Å²) in [6, 6.07) is -1.97. The number of carbonyl (C=O) groups excluding carboxylic acids is 3. The lowest BCUT2D eigenvalue weighted by atomic mass is 9.93. The molecule has 2 rings (SSSR count). The largest absolute Gasteiger partial charge is 0.465 e. The summed E-state index contributed by atoms with van der Waals surface area (Å²) in [5.74, 6) is -1.79. The Morgan fingerprint density at radius 1 is 1.14 bits per heavy atom. The molecule has 2 unspecified atom stereocenters. The number of aliphatic hydroxyl groups excluding tert-OH is 1. The predicted octanol–water partition coefficient (Wildman–Crippen LogP) is -0.681. The van der Waals surface area contributed by atoms with Crippen LogP contribution < -0.4 is 21.3 Å². The van der Waals surface area contributed by atoms with Crippen LogP contribution in [0.5, 0.6) is 0 Å². The molecular weight excluding hydrogens is 368 g/mol. The second kappa shape index (κ2) is 9.72. The molecule has 1 aliphatic carbocycles. The maximum atomic E-state index is 12.7. The van der Waals surface area contributed by atoms with Gasteiger partial charge in [0.05, 0.1) is 6.04 Å². The Morgan fingerprint density at radius 2 is 1.82 bits per heavy atom. The van der Waals surface area contributed by atoms with E-state index < -0.39 is 42.0 Å². The minimum atomic E-state index is -1.53. The van der Waals surface area contributed by atoms with Gasteiger partial charge in [0, 0.05) is 18.5 Å². The molecule has 28 heavy (non-hydrogen) atoms. The second-order valence-corrected chi connectivity index (χ2v) is 7.99. The van der Waals surface area contributed by atoms with Crippen LogP contribution in [-0.4, -0.2) is 64.8 Å². The van der Waals surface area contributed by atoms with Gasteiger partial charge in [0.1, 0.15) is 6.04 Å². The van der Waals surface area contributed by atoms with Gasteiger partial charge in [-0.2, -0.15) is 0 Å². The van der Waals surface area contributed by atoms with E-state index in [1.165, 1.54) is 0 Å². The Labute approximate surface area is 163 Å². The van der Waals surface area contributed by atoms with Crippen molar-refractivity contribution in [3.05, 3.63) is 0 Å². The van der Waals surface area contributed by atoms with Crippen LogP contribution >= 0.6 is 0 Å². The van der Waals surface area contributed by atoms with Gasteiger partial charge in [-0.3, -0.25) is 14.4 Å². The van der Waals surface area contributed by atoms with Crippen LogP contribution in [0.2, 0.25) is 0 Å². The first-order valence-electron chi connectivity index (χ1n) is 9.73. The molecule has 158 valence electrons. The van der Waals surface area contributed by atoms with Crippen molar-refractivity contribution in [2.45, 2.75) is 70.2 Å². The molecule has 0 bridgehead atoms. The summed E-state index contributed by atoms with van der Waals surface area (Å²) in [6.07, 6.45) is -0.261. The molecule has 0 aromatic carbocycles. The number of amides is 4. The van der Waals surface area contributed by atoms with E-state index in [1.807, 2.05) is 13.8 Å². The Morgan fingerprint density at radius 3 is 2.32 bits per heavy atom. The molecule has 6 N–H and O–H groups in total. The molecule has 0 radical (unpaired) electrons. The topological polar surface area (TPSA) is 157 Å². The Balaban J connectivity index is 2.08. The summed E-state index contributed by atoms with van der Waals surface area (Å²) >= 11 is 0. The van der Waals surface area contributed by atoms with E-state index in [0.717, 1.165) is 12.8 Å². The highest BCUT2D eigenvalue weighted by atomic mass is 16.4. The van der Waals surface area contributed by atoms with Crippen molar-refractivity contribution < 1.29 is 29.4 Å². The number of hydrogen-bond donors (Lipinski definition) is 6. The first-order valence-corrected chi connectivity index (χ1v) is 9.73. The van der Waals surface area contributed by atoms with E-state index in [1.54, 1.807) is 0 Å². The molecule has 1 heterocycles. The third-order valence-corrected chi connectivity index (χ3v) is 4.92. The van der Waals surface area contributed by atoms with E-state index in [9.17, 15) is 24.3 Å². The lowest BCUT2D eigenvalue weighted by Gasteiger charge is -2.28. The number of aliphatic hydroxyl groups is 1. The Hall–Kier alpha value is -2.36. The molecule has 2 fully saturated rings. The highest BCUT2D eigenvalue weighted by Gasteiger charge is 2.37. The number of hydrogen-bond acceptors (Lipinski definition) is 5. The molecular formula is C18H30N4O6. The Bertz CT molecular complexity index is 607. The normalized spacial score (nSPS) is 22.1. The van der Waals surface area contributed by atoms with Crippen LogP contribution in [-0.2, 0) is 14.4 Å². The molecule has 4 amide bonds. The number of carboxylic acid groups (broad SMARTS) is 1. The average molecular weight is 398 g/mol. The SMILES string of the molecule is CC(C)C[C@H](NC(=O)O)C(=O)N[C@H](CC1CCNC1=O)C(O)C(=O)NC1CC1. The van der Waals surface area contributed by atoms with Gasteiger partial charge in [-0.05, 0) is 38.0 Å². The van der Waals surface area contributed by atoms with Crippen LogP contribution in [0.25, 0.3) is 0 Å². The van der Waals surface area contributed by atoms with Crippen molar-refractivity contribution in [3.63, 3.8) is 0 Å². The van der Waals surface area contributed by atoms with Gasteiger partial charge in [-0.1, -0.05) is 13.8 Å². The van der Waals surface area contributed by atoms with Gasteiger partial charge >= 0.3 is 6.09 Å². The van der Waals surface area contributed by atoms with Crippen molar-refractivity contribution in [2.75, 3.05) is 6.54 Å². The molecule has 1 saturated heterocycles. The molecule has 4 atom stereocenters. The molecule has 1 aliphatic heterocycles. The highest BCUT2D eigenvalue weighted by Crippen LogP contribution is 2.21. The summed E-state index contributed by atoms with van der Waals surface area (Å²) in [5.41, 5.74) is 0. The van der Waals surface area contributed by atoms with Gasteiger partial charge in [-0.15, -0.1) is 0 Å². The molecule has 10 nitrogen and oxygen atoms in total. The van der Waals surface area contributed by atoms with E-state index in [4.69, 9.17) is 5.11 Å². The van der Waals surface area contributed by atoms with Crippen molar-refractivity contribution in [1.29, 1.82) is 0 Å². The predicted molar refractivity (Wildman–Crippen MR) is 99.2 cm³/mol. The fraction of sp³-hybridized carbons (Fsp3) is 0.778. The third-order valence-electron chi connectivity index (χ3n) is 4.92. The molecule has 0 spiro atoms. The van der Waals surface area contributed by atoms with Gasteiger partial charge in [-0.25, -0.2) is 4.79 Å². The van der Waals surface area contributed by atoms with Gasteiger partial charge in [0.2, 0.25) is 11.8 Å². The van der Waals surface area contributed by atoms with E-state index in [0.29, 0.717) is 13.0 Å². The fourth-order valence-electron chi connectivity index (χ4n) is 3.28. The third kappa shape index (κ3) is 6.66. The molecule has 0 aromatic rings. The average Bonchev–Trinajstić information content (AvgIpc) is 3.32. The van der Waals surface area contributed by atoms with Crippen LogP contribution in [0.4, 0.5) is 4.79 Å². The first-order chi connectivity index (χ1) is 13.2. The van der Waals surface area contributed by atoms with E-state index >= 15 is 0 Å². The molecule has 1 saturated carbocycles. The number of nitrogens with one attached hydrogen (secondary N) is 4. The van der Waals surface area contributed by atoms with Gasteiger partial charge in [0.15, 0.2) is 6.10 Å². The number of rotatable bonds is 10. The van der Waals surface area contributed by atoms with Crippen LogP contribution in [0, 0.1) is 11.8 Å². The first kappa shape index (κ1) is 21.9. The minimum Gasteiger partial charge on any atom is -0.465 e. The minimum absolute atomic E-state index is 0.0376. The summed E-state index contributed by atoms with van der Waals surface area (Å²) < 4.78 is 0. The maximum absolute atomic E-state index is 12.7. The zero-order chi connectivity index (χ0) is 20.8. The summed E-state index contributed by atoms with van der Waals surface area (Å²) in [7, 11) is 0. The maximum Gasteiger partial charge on any atom is 0.405 e. The van der Waals surface area contributed by atoms with Crippen LogP contribution in [0.15, 0.2) is 0 Å². The lowest BCUT2D eigenvalue weighted by molar-refractivity contribution is -0.134. The molecule has 2 aliphatic rings. The smallest absolute Gasteiger partial charge is 0.405 e. The van der Waals surface area contributed by atoms with Gasteiger partial charge < -0.3 is 31.5 Å². The van der Waals surface area contributed by atoms with Crippen molar-refractivity contribution in [1.82, 2.24) is 21.3 Å². The van der Waals surface area contributed by atoms with Crippen LogP contribution in [0.3, 0.4) is 0 Å². The molecule has 10 heteroatoms. The van der Waals surface area contributed by atoms with Crippen LogP contribution in [0.1, 0.15) is 46.0 Å². The summed E-state index contributed by atoms with van der Waals surface area (Å²) in [5, 5.41) is 29.6. The van der Waals surface area contributed by atoms with Gasteiger partial charge in [0.25, 0.3) is 5.91 Å².